The number of thiazole rings is 1. The van der Waals surface area contributed by atoms with Crippen molar-refractivity contribution in [1.29, 1.82) is 0 Å². The van der Waals surface area contributed by atoms with E-state index >= 15 is 0 Å². The Morgan fingerprint density at radius 1 is 1.27 bits per heavy atom. The predicted molar refractivity (Wildman–Crippen MR) is 107 cm³/mol. The third-order valence-electron chi connectivity index (χ3n) is 5.03. The first kappa shape index (κ1) is 20.5. The van der Waals surface area contributed by atoms with Crippen molar-refractivity contribution >= 4 is 17.2 Å². The molecule has 1 amide bonds. The Bertz CT molecular complexity index is 1000. The molecule has 4 rings (SSSR count). The summed E-state index contributed by atoms with van der Waals surface area (Å²) in [5.74, 6) is 0.124. The van der Waals surface area contributed by atoms with Gasteiger partial charge in [-0.15, -0.1) is 11.3 Å². The van der Waals surface area contributed by atoms with Crippen LogP contribution in [0, 0.1) is 5.92 Å². The lowest BCUT2D eigenvalue weighted by Crippen LogP contribution is -2.41. The monoisotopic (exact) mass is 433 g/mol. The van der Waals surface area contributed by atoms with E-state index in [1.807, 2.05) is 23.1 Å². The van der Waals surface area contributed by atoms with Gasteiger partial charge in [0.1, 0.15) is 0 Å². The number of aromatic nitrogens is 4. The lowest BCUT2D eigenvalue weighted by Gasteiger charge is -2.33. The van der Waals surface area contributed by atoms with Crippen LogP contribution in [0.2, 0.25) is 0 Å². The maximum Gasteiger partial charge on any atom is 0.358 e. The van der Waals surface area contributed by atoms with Crippen molar-refractivity contribution in [3.8, 4) is 5.69 Å². The van der Waals surface area contributed by atoms with Crippen LogP contribution < -0.4 is 0 Å². The SMILES string of the molecule is O=C(c1ccccc1-n1nccn1)N1CCC[C@H](Cc2nc(CC(O)(F)F)cs2)C1. The molecule has 1 fully saturated rings. The number of rotatable bonds is 6. The molecule has 0 radical (unpaired) electrons. The van der Waals surface area contributed by atoms with Gasteiger partial charge in [0.2, 0.25) is 0 Å². The molecule has 7 nitrogen and oxygen atoms in total. The van der Waals surface area contributed by atoms with E-state index in [0.717, 1.165) is 17.8 Å². The maximum atomic E-state index is 13.2. The van der Waals surface area contributed by atoms with Crippen molar-refractivity contribution in [3.63, 3.8) is 0 Å². The molecule has 1 aliphatic rings. The maximum absolute atomic E-state index is 13.2. The standard InChI is InChI=1S/C20H21F2N5O2S/c21-20(22,29)11-15-13-30-18(25-15)10-14-4-3-9-26(12-14)19(28)16-5-1-2-6-17(16)27-23-7-8-24-27/h1-2,5-8,13-14,29H,3-4,9-12H2/t14-/m1/s1. The van der Waals surface area contributed by atoms with E-state index in [2.05, 4.69) is 15.2 Å². The molecule has 1 saturated heterocycles. The van der Waals surface area contributed by atoms with E-state index in [0.29, 0.717) is 30.8 Å². The van der Waals surface area contributed by atoms with Gasteiger partial charge in [-0.2, -0.15) is 23.8 Å². The molecule has 0 spiro atoms. The van der Waals surface area contributed by atoms with E-state index in [4.69, 9.17) is 5.11 Å². The number of para-hydroxylation sites is 1. The number of nitrogens with zero attached hydrogens (tertiary/aromatic N) is 5. The van der Waals surface area contributed by atoms with Gasteiger partial charge in [-0.1, -0.05) is 12.1 Å². The zero-order chi connectivity index (χ0) is 21.1. The normalized spacial score (nSPS) is 17.3. The van der Waals surface area contributed by atoms with Crippen LogP contribution in [-0.4, -0.2) is 55.1 Å². The molecule has 2 aromatic heterocycles. The number of aliphatic hydroxyl groups is 1. The van der Waals surface area contributed by atoms with Gasteiger partial charge in [-0.05, 0) is 30.9 Å². The summed E-state index contributed by atoms with van der Waals surface area (Å²) in [5, 5.41) is 19.2. The Hall–Kier alpha value is -2.72. The molecule has 0 bridgehead atoms. The number of carbonyl (C=O) groups excluding carboxylic acids is 1. The first-order valence-corrected chi connectivity index (χ1v) is 10.6. The quantitative estimate of drug-likeness (QED) is 0.646. The first-order valence-electron chi connectivity index (χ1n) is 9.67. The Morgan fingerprint density at radius 2 is 2.03 bits per heavy atom. The minimum Gasteiger partial charge on any atom is -0.338 e. The first-order chi connectivity index (χ1) is 14.4. The van der Waals surface area contributed by atoms with Crippen LogP contribution in [-0.2, 0) is 12.8 Å². The smallest absolute Gasteiger partial charge is 0.338 e. The van der Waals surface area contributed by atoms with Crippen LogP contribution in [0.5, 0.6) is 0 Å². The number of hydrogen-bond acceptors (Lipinski definition) is 6. The van der Waals surface area contributed by atoms with Crippen molar-refractivity contribution in [2.24, 2.45) is 5.92 Å². The zero-order valence-corrected chi connectivity index (χ0v) is 16.9. The fourth-order valence-corrected chi connectivity index (χ4v) is 4.65. The second-order valence-corrected chi connectivity index (χ2v) is 8.32. The largest absolute Gasteiger partial charge is 0.358 e. The fraction of sp³-hybridized carbons (Fsp3) is 0.400. The van der Waals surface area contributed by atoms with Crippen LogP contribution >= 0.6 is 11.3 Å². The zero-order valence-electron chi connectivity index (χ0n) is 16.1. The van der Waals surface area contributed by atoms with Gasteiger partial charge in [-0.3, -0.25) is 4.79 Å². The Balaban J connectivity index is 1.44. The highest BCUT2D eigenvalue weighted by Crippen LogP contribution is 2.26. The molecule has 1 atom stereocenters. The summed E-state index contributed by atoms with van der Waals surface area (Å²) in [6.45, 7) is 1.24. The van der Waals surface area contributed by atoms with Crippen LogP contribution in [0.15, 0.2) is 42.0 Å². The highest BCUT2D eigenvalue weighted by atomic mass is 32.1. The summed E-state index contributed by atoms with van der Waals surface area (Å²) in [5.41, 5.74) is 1.35. The molecular weight excluding hydrogens is 412 g/mol. The van der Waals surface area contributed by atoms with E-state index < -0.39 is 12.5 Å². The predicted octanol–water partition coefficient (Wildman–Crippen LogP) is 2.95. The van der Waals surface area contributed by atoms with Crippen LogP contribution in [0.25, 0.3) is 5.69 Å². The van der Waals surface area contributed by atoms with Gasteiger partial charge in [0.05, 0.1) is 40.8 Å². The summed E-state index contributed by atoms with van der Waals surface area (Å²) in [4.78, 5) is 20.7. The number of piperidine rings is 1. The number of amides is 1. The van der Waals surface area contributed by atoms with Crippen LogP contribution in [0.3, 0.4) is 0 Å². The molecule has 10 heteroatoms. The van der Waals surface area contributed by atoms with Gasteiger partial charge in [0.15, 0.2) is 0 Å². The summed E-state index contributed by atoms with van der Waals surface area (Å²) in [6.07, 6.45) is 1.02. The highest BCUT2D eigenvalue weighted by Gasteiger charge is 2.29. The number of carbonyl (C=O) groups is 1. The number of likely N-dealkylation sites (tertiary alicyclic amines) is 1. The number of benzene rings is 1. The molecule has 3 heterocycles. The fourth-order valence-electron chi connectivity index (χ4n) is 3.74. The lowest BCUT2D eigenvalue weighted by atomic mass is 9.94. The van der Waals surface area contributed by atoms with Crippen molar-refractivity contribution < 1.29 is 18.7 Å². The van der Waals surface area contributed by atoms with Crippen LogP contribution in [0.1, 0.15) is 33.9 Å². The molecule has 0 unspecified atom stereocenters. The second kappa shape index (κ2) is 8.57. The Labute approximate surface area is 176 Å². The number of halogens is 2. The van der Waals surface area contributed by atoms with Gasteiger partial charge in [-0.25, -0.2) is 4.98 Å². The highest BCUT2D eigenvalue weighted by molar-refractivity contribution is 7.09. The van der Waals surface area contributed by atoms with Gasteiger partial charge < -0.3 is 10.0 Å². The van der Waals surface area contributed by atoms with Gasteiger partial charge in [0, 0.05) is 24.9 Å². The Kier molecular flexibility index (Phi) is 5.87. The van der Waals surface area contributed by atoms with Gasteiger partial charge >= 0.3 is 6.11 Å². The number of hydrogen-bond donors (Lipinski definition) is 1. The summed E-state index contributed by atoms with van der Waals surface area (Å²) < 4.78 is 25.6. The van der Waals surface area contributed by atoms with E-state index in [9.17, 15) is 13.6 Å². The minimum atomic E-state index is -3.75. The average Bonchev–Trinajstić information content (AvgIpc) is 3.39. The van der Waals surface area contributed by atoms with Crippen molar-refractivity contribution in [1.82, 2.24) is 24.9 Å². The molecule has 158 valence electrons. The summed E-state index contributed by atoms with van der Waals surface area (Å²) in [7, 11) is 0. The molecule has 1 aromatic carbocycles. The van der Waals surface area contributed by atoms with E-state index in [1.54, 1.807) is 23.8 Å². The van der Waals surface area contributed by atoms with Crippen molar-refractivity contribution in [2.75, 3.05) is 13.1 Å². The molecule has 1 aliphatic heterocycles. The van der Waals surface area contributed by atoms with E-state index in [1.165, 1.54) is 16.1 Å². The summed E-state index contributed by atoms with van der Waals surface area (Å²) >= 11 is 1.31. The molecule has 1 N–H and O–H groups in total. The summed E-state index contributed by atoms with van der Waals surface area (Å²) in [6, 6.07) is 7.23. The lowest BCUT2D eigenvalue weighted by molar-refractivity contribution is -0.197. The second-order valence-electron chi connectivity index (χ2n) is 7.37. The average molecular weight is 433 g/mol. The Morgan fingerprint density at radius 3 is 2.80 bits per heavy atom. The molecular formula is C20H21F2N5O2S. The molecule has 0 saturated carbocycles. The minimum absolute atomic E-state index is 0.0765. The number of alkyl halides is 2. The molecule has 0 aliphatic carbocycles. The van der Waals surface area contributed by atoms with Crippen molar-refractivity contribution in [2.45, 2.75) is 31.8 Å². The third-order valence-corrected chi connectivity index (χ3v) is 5.95. The van der Waals surface area contributed by atoms with Gasteiger partial charge in [0.25, 0.3) is 5.91 Å². The van der Waals surface area contributed by atoms with E-state index in [-0.39, 0.29) is 17.5 Å². The topological polar surface area (TPSA) is 84.1 Å². The van der Waals surface area contributed by atoms with Crippen molar-refractivity contribution in [3.05, 3.63) is 58.3 Å². The van der Waals surface area contributed by atoms with Crippen LogP contribution in [0.4, 0.5) is 8.78 Å². The molecule has 3 aromatic rings. The molecule has 30 heavy (non-hydrogen) atoms. The third kappa shape index (κ3) is 4.88.